The molecule has 2 N–H and O–H groups in total. The zero-order valence-electron chi connectivity index (χ0n) is 8.24. The normalized spacial score (nSPS) is 19.2. The standard InChI is InChI=1S/C7H14O2.C2H6O2/c1-2-3-4-8-5-7-6-9-7;3-1-2-4/h7H,2-6H2,1H3;3-4H,1-2H2. The highest BCUT2D eigenvalue weighted by Crippen LogP contribution is 2.08. The van der Waals surface area contributed by atoms with Gasteiger partial charge in [-0.15, -0.1) is 0 Å². The minimum Gasteiger partial charge on any atom is -0.394 e. The first-order valence-electron chi connectivity index (χ1n) is 4.76. The summed E-state index contributed by atoms with van der Waals surface area (Å²) in [4.78, 5) is 0. The van der Waals surface area contributed by atoms with Gasteiger partial charge in [0.15, 0.2) is 0 Å². The molecule has 0 aromatic rings. The molecule has 13 heavy (non-hydrogen) atoms. The fourth-order valence-corrected chi connectivity index (χ4v) is 0.625. The monoisotopic (exact) mass is 192 g/mol. The van der Waals surface area contributed by atoms with Gasteiger partial charge >= 0.3 is 0 Å². The van der Waals surface area contributed by atoms with E-state index in [0.29, 0.717) is 6.10 Å². The Bertz CT molecular complexity index is 91.6. The highest BCUT2D eigenvalue weighted by atomic mass is 16.6. The van der Waals surface area contributed by atoms with Crippen LogP contribution < -0.4 is 0 Å². The number of rotatable bonds is 6. The van der Waals surface area contributed by atoms with Crippen LogP contribution in [0.4, 0.5) is 0 Å². The van der Waals surface area contributed by atoms with E-state index < -0.39 is 0 Å². The summed E-state index contributed by atoms with van der Waals surface area (Å²) >= 11 is 0. The van der Waals surface area contributed by atoms with E-state index in [2.05, 4.69) is 6.92 Å². The van der Waals surface area contributed by atoms with Crippen LogP contribution in [-0.4, -0.2) is 49.4 Å². The van der Waals surface area contributed by atoms with Gasteiger partial charge in [0.2, 0.25) is 0 Å². The topological polar surface area (TPSA) is 62.2 Å². The Morgan fingerprint density at radius 1 is 1.38 bits per heavy atom. The van der Waals surface area contributed by atoms with E-state index in [1.807, 2.05) is 0 Å². The average molecular weight is 192 g/mol. The smallest absolute Gasteiger partial charge is 0.104 e. The van der Waals surface area contributed by atoms with Gasteiger partial charge in [0.1, 0.15) is 6.10 Å². The van der Waals surface area contributed by atoms with Gasteiger partial charge in [-0.25, -0.2) is 0 Å². The number of ether oxygens (including phenoxy) is 2. The van der Waals surface area contributed by atoms with Gasteiger partial charge in [0.05, 0.1) is 26.4 Å². The molecule has 0 spiro atoms. The molecule has 0 amide bonds. The van der Waals surface area contributed by atoms with Gasteiger partial charge in [0.25, 0.3) is 0 Å². The van der Waals surface area contributed by atoms with E-state index >= 15 is 0 Å². The summed E-state index contributed by atoms with van der Waals surface area (Å²) < 4.78 is 10.2. The van der Waals surface area contributed by atoms with Crippen molar-refractivity contribution in [2.75, 3.05) is 33.0 Å². The summed E-state index contributed by atoms with van der Waals surface area (Å²) in [6.45, 7) is 4.53. The van der Waals surface area contributed by atoms with Crippen molar-refractivity contribution in [1.82, 2.24) is 0 Å². The lowest BCUT2D eigenvalue weighted by Crippen LogP contribution is -2.01. The van der Waals surface area contributed by atoms with E-state index in [1.165, 1.54) is 12.8 Å². The Balaban J connectivity index is 0.000000310. The molecule has 0 aliphatic carbocycles. The van der Waals surface area contributed by atoms with E-state index in [1.54, 1.807) is 0 Å². The number of aliphatic hydroxyl groups is 2. The van der Waals surface area contributed by atoms with Crippen LogP contribution in [0.5, 0.6) is 0 Å². The van der Waals surface area contributed by atoms with Crippen molar-refractivity contribution in [3.8, 4) is 0 Å². The third-order valence-corrected chi connectivity index (χ3v) is 1.45. The van der Waals surface area contributed by atoms with Gasteiger partial charge in [-0.2, -0.15) is 0 Å². The van der Waals surface area contributed by atoms with Crippen molar-refractivity contribution in [2.24, 2.45) is 0 Å². The molecule has 0 bridgehead atoms. The molecule has 1 unspecified atom stereocenters. The maximum Gasteiger partial charge on any atom is 0.104 e. The number of unbranched alkanes of at least 4 members (excludes halogenated alkanes) is 1. The molecule has 4 nitrogen and oxygen atoms in total. The van der Waals surface area contributed by atoms with E-state index in [-0.39, 0.29) is 13.2 Å². The summed E-state index contributed by atoms with van der Waals surface area (Å²) in [6, 6.07) is 0. The lowest BCUT2D eigenvalue weighted by atomic mass is 10.4. The minimum atomic E-state index is -0.125. The van der Waals surface area contributed by atoms with E-state index in [0.717, 1.165) is 19.8 Å². The minimum absolute atomic E-state index is 0.125. The lowest BCUT2D eigenvalue weighted by molar-refractivity contribution is 0.114. The molecule has 80 valence electrons. The van der Waals surface area contributed by atoms with E-state index in [4.69, 9.17) is 19.7 Å². The first-order valence-corrected chi connectivity index (χ1v) is 4.76. The molecule has 1 saturated heterocycles. The highest BCUT2D eigenvalue weighted by molar-refractivity contribution is 4.66. The molecule has 0 saturated carbocycles. The summed E-state index contributed by atoms with van der Waals surface area (Å²) in [6.07, 6.45) is 2.82. The van der Waals surface area contributed by atoms with Crippen LogP contribution in [-0.2, 0) is 9.47 Å². The number of hydrogen-bond donors (Lipinski definition) is 2. The van der Waals surface area contributed by atoms with Crippen molar-refractivity contribution >= 4 is 0 Å². The Morgan fingerprint density at radius 3 is 2.38 bits per heavy atom. The van der Waals surface area contributed by atoms with Crippen LogP contribution >= 0.6 is 0 Å². The Labute approximate surface area is 79.5 Å². The van der Waals surface area contributed by atoms with Crippen LogP contribution in [0, 0.1) is 0 Å². The summed E-state index contributed by atoms with van der Waals surface area (Å²) in [5, 5.41) is 15.2. The van der Waals surface area contributed by atoms with Gasteiger partial charge in [-0.3, -0.25) is 0 Å². The van der Waals surface area contributed by atoms with Gasteiger partial charge in [-0.1, -0.05) is 13.3 Å². The zero-order valence-corrected chi connectivity index (χ0v) is 8.24. The fourth-order valence-electron chi connectivity index (χ4n) is 0.625. The third-order valence-electron chi connectivity index (χ3n) is 1.45. The third kappa shape index (κ3) is 11.8. The molecule has 0 radical (unpaired) electrons. The molecule has 0 aromatic carbocycles. The van der Waals surface area contributed by atoms with Gasteiger partial charge < -0.3 is 19.7 Å². The summed E-state index contributed by atoms with van der Waals surface area (Å²) in [5.41, 5.74) is 0. The van der Waals surface area contributed by atoms with Gasteiger partial charge in [-0.05, 0) is 6.42 Å². The molecule has 1 heterocycles. The Kier molecular flexibility index (Phi) is 9.80. The maximum atomic E-state index is 7.62. The number of epoxide rings is 1. The van der Waals surface area contributed by atoms with Crippen molar-refractivity contribution < 1.29 is 19.7 Å². The Morgan fingerprint density at radius 2 is 2.00 bits per heavy atom. The molecule has 1 atom stereocenters. The van der Waals surface area contributed by atoms with Crippen LogP contribution in [0.1, 0.15) is 19.8 Å². The maximum absolute atomic E-state index is 7.62. The largest absolute Gasteiger partial charge is 0.394 e. The molecule has 0 aromatic heterocycles. The second-order valence-electron chi connectivity index (χ2n) is 2.83. The summed E-state index contributed by atoms with van der Waals surface area (Å²) in [7, 11) is 0. The predicted molar refractivity (Wildman–Crippen MR) is 49.6 cm³/mol. The summed E-state index contributed by atoms with van der Waals surface area (Å²) in [5.74, 6) is 0. The number of aliphatic hydroxyl groups excluding tert-OH is 2. The second-order valence-corrected chi connectivity index (χ2v) is 2.83. The fraction of sp³-hybridized carbons (Fsp3) is 1.00. The molecule has 1 rings (SSSR count). The predicted octanol–water partition coefficient (Wildman–Crippen LogP) is 0.173. The molecular weight excluding hydrogens is 172 g/mol. The molecule has 1 aliphatic rings. The van der Waals surface area contributed by atoms with Crippen LogP contribution in [0.15, 0.2) is 0 Å². The Hall–Kier alpha value is -0.160. The molecule has 4 heteroatoms. The highest BCUT2D eigenvalue weighted by Gasteiger charge is 2.21. The zero-order chi connectivity index (χ0) is 9.94. The van der Waals surface area contributed by atoms with Gasteiger partial charge in [0, 0.05) is 6.61 Å². The lowest BCUT2D eigenvalue weighted by Gasteiger charge is -1.97. The van der Waals surface area contributed by atoms with Crippen molar-refractivity contribution in [3.05, 3.63) is 0 Å². The van der Waals surface area contributed by atoms with Crippen molar-refractivity contribution in [1.29, 1.82) is 0 Å². The second kappa shape index (κ2) is 9.92. The molecular formula is C9H20O4. The van der Waals surface area contributed by atoms with Crippen LogP contribution in [0.25, 0.3) is 0 Å². The average Bonchev–Trinajstić information content (AvgIpc) is 2.97. The van der Waals surface area contributed by atoms with Crippen molar-refractivity contribution in [3.63, 3.8) is 0 Å². The van der Waals surface area contributed by atoms with E-state index in [9.17, 15) is 0 Å². The SMILES string of the molecule is CCCCOCC1CO1.OCCO. The first-order chi connectivity index (χ1) is 6.35. The van der Waals surface area contributed by atoms with Crippen LogP contribution in [0.3, 0.4) is 0 Å². The first kappa shape index (κ1) is 12.8. The molecule has 1 fully saturated rings. The van der Waals surface area contributed by atoms with Crippen molar-refractivity contribution in [2.45, 2.75) is 25.9 Å². The quantitative estimate of drug-likeness (QED) is 0.465. The van der Waals surface area contributed by atoms with Crippen LogP contribution in [0.2, 0.25) is 0 Å². The molecule has 1 aliphatic heterocycles. The number of hydrogen-bond acceptors (Lipinski definition) is 4.